The van der Waals surface area contributed by atoms with Gasteiger partial charge in [0, 0.05) is 24.6 Å². The monoisotopic (exact) mass is 2110 g/mol. The highest BCUT2D eigenvalue weighted by Gasteiger charge is 2.41. The molecule has 0 aromatic heterocycles. The van der Waals surface area contributed by atoms with Gasteiger partial charge in [-0.1, -0.05) is 145 Å². The van der Waals surface area contributed by atoms with Crippen LogP contribution in [0.2, 0.25) is 0 Å². The van der Waals surface area contributed by atoms with Gasteiger partial charge < -0.3 is 154 Å². The molecule has 838 valence electrons. The largest absolute Gasteiger partial charge is 0.370 e. The van der Waals surface area contributed by atoms with Gasteiger partial charge in [0.25, 0.3) is 0 Å². The van der Waals surface area contributed by atoms with Crippen LogP contribution in [0.4, 0.5) is 0 Å². The summed E-state index contributed by atoms with van der Waals surface area (Å²) in [5, 5.41) is 43.4. The van der Waals surface area contributed by atoms with E-state index < -0.39 is 227 Å². The summed E-state index contributed by atoms with van der Waals surface area (Å²) in [6, 6.07) is -23.9. The molecule has 0 aliphatic heterocycles. The molecule has 0 bridgehead atoms. The molecule has 0 aliphatic carbocycles. The van der Waals surface area contributed by atoms with Crippen LogP contribution in [0.3, 0.4) is 0 Å². The van der Waals surface area contributed by atoms with Crippen LogP contribution >= 0.6 is 21.6 Å². The van der Waals surface area contributed by atoms with Crippen molar-refractivity contribution < 1.29 is 86.3 Å². The summed E-state index contributed by atoms with van der Waals surface area (Å²) in [5.74, 6) is -18.6. The molecule has 0 fully saturated rings. The fourth-order valence-electron chi connectivity index (χ4n) is 15.2. The topological polar surface area (TPSA) is 837 Å². The van der Waals surface area contributed by atoms with Crippen molar-refractivity contribution in [3.8, 4) is 0 Å². The number of unbranched alkanes of at least 4 members (excludes halogenated alkanes) is 4. The lowest BCUT2D eigenvalue weighted by Gasteiger charge is -2.30. The zero-order valence-corrected chi connectivity index (χ0v) is 91.3. The van der Waals surface area contributed by atoms with Crippen LogP contribution < -0.4 is 154 Å². The van der Waals surface area contributed by atoms with Crippen molar-refractivity contribution >= 4 is 140 Å². The molecule has 0 aliphatic rings. The minimum atomic E-state index is -1.61. The molecular formula is C96H184N30O18S2. The average molecular weight is 2110 g/mol. The summed E-state index contributed by atoms with van der Waals surface area (Å²) in [7, 11) is 1.82. The summed E-state index contributed by atoms with van der Waals surface area (Å²) < 4.78 is 0. The van der Waals surface area contributed by atoms with Gasteiger partial charge in [-0.05, 0) is 229 Å². The fourth-order valence-corrected chi connectivity index (χ4v) is 17.6. The predicted octanol–water partition coefficient (Wildman–Crippen LogP) is -3.22. The lowest BCUT2D eigenvalue weighted by Crippen LogP contribution is -2.61. The van der Waals surface area contributed by atoms with Gasteiger partial charge in [0.2, 0.25) is 106 Å². The number of carbonyl (C=O) groups excluding carboxylic acids is 18. The Morgan fingerprint density at radius 3 is 0.664 bits per heavy atom. The van der Waals surface area contributed by atoms with E-state index in [9.17, 15) is 76.7 Å². The molecule has 40 N–H and O–H groups in total. The van der Waals surface area contributed by atoms with E-state index in [-0.39, 0.29) is 188 Å². The van der Waals surface area contributed by atoms with E-state index in [1.54, 1.807) is 83.1 Å². The zero-order valence-electron chi connectivity index (χ0n) is 89.6. The predicted molar refractivity (Wildman–Crippen MR) is 569 cm³/mol. The molecule has 50 heteroatoms. The van der Waals surface area contributed by atoms with Gasteiger partial charge in [0.05, 0.1) is 12.1 Å². The lowest BCUT2D eigenvalue weighted by atomic mass is 9.97. The van der Waals surface area contributed by atoms with Gasteiger partial charge in [0.15, 0.2) is 11.9 Å². The molecule has 0 radical (unpaired) electrons. The first-order chi connectivity index (χ1) is 68.5. The summed E-state index contributed by atoms with van der Waals surface area (Å²) >= 11 is 0. The van der Waals surface area contributed by atoms with Crippen molar-refractivity contribution in [2.45, 2.75) is 387 Å². The molecule has 0 aromatic carbocycles. The first-order valence-corrected chi connectivity index (χ1v) is 54.1. The van der Waals surface area contributed by atoms with Crippen molar-refractivity contribution in [1.82, 2.24) is 85.1 Å². The first-order valence-electron chi connectivity index (χ1n) is 51.6. The second-order valence-electron chi connectivity index (χ2n) is 40.3. The first kappa shape index (κ1) is 135. The zero-order chi connectivity index (χ0) is 111. The molecule has 18 amide bonds. The SMILES string of the molecule is CC[C@@H](C)[C@@H](NC(=O)[C@@H](CSSC[C@@H](NC(=O)[C@@H](CC(C)C)NC(=O)[C@H](N)CC(C)C)C(=O)N[C@@H](C(=O)N[C@H](C)C(=O)N[C@H](CC(C)C)C(=O)N[C@H](CCCN=C(N)N)C(=O)N[C@H](CCCCN)C(=O)N[C@H](CCCCN)C(N)=O)[C@H](C)CC)NC(=O)[C@@H](CC(C)C)NC(=O)[C@H](N)CC(C)C)C(=O)N[C@H](C)C(=O)N[C@H](CC(C)C)C(=O)N[C@H](CCCN=C(N)N)C(=O)N[C@H](CCCCN)C(=O)N[C@H](CCCCN)C(N)=O. The third-order valence-corrected chi connectivity index (χ3v) is 26.3. The molecule has 48 nitrogen and oxygen atoms in total. The van der Waals surface area contributed by atoms with Gasteiger partial charge in [-0.25, -0.2) is 0 Å². The van der Waals surface area contributed by atoms with Gasteiger partial charge >= 0.3 is 0 Å². The summed E-state index contributed by atoms with van der Waals surface area (Å²) in [5.41, 5.74) is 69.4. The number of carbonyl (C=O) groups is 18. The molecule has 0 aromatic rings. The molecule has 0 heterocycles. The molecule has 0 unspecified atom stereocenters. The second-order valence-corrected chi connectivity index (χ2v) is 42.9. The van der Waals surface area contributed by atoms with E-state index in [4.69, 9.17) is 68.8 Å². The third kappa shape index (κ3) is 57.1. The number of primary amides is 2. The Balaban J connectivity index is 8.19. The van der Waals surface area contributed by atoms with Crippen LogP contribution in [0.15, 0.2) is 9.98 Å². The van der Waals surface area contributed by atoms with Crippen molar-refractivity contribution in [2.75, 3.05) is 50.8 Å². The number of nitrogens with two attached hydrogens (primary N) is 12. The van der Waals surface area contributed by atoms with E-state index in [0.29, 0.717) is 64.5 Å². The average Bonchev–Trinajstić information content (AvgIpc) is 0.842. The normalized spacial score (nSPS) is 15.6. The molecule has 146 heavy (non-hydrogen) atoms. The lowest BCUT2D eigenvalue weighted by molar-refractivity contribution is -0.136. The quantitative estimate of drug-likeness (QED) is 0.0123. The summed E-state index contributed by atoms with van der Waals surface area (Å²) in [6.45, 7) is 32.3. The third-order valence-electron chi connectivity index (χ3n) is 23.9. The van der Waals surface area contributed by atoms with E-state index in [2.05, 4.69) is 95.1 Å². The highest BCUT2D eigenvalue weighted by molar-refractivity contribution is 8.76. The molecule has 0 saturated carbocycles. The van der Waals surface area contributed by atoms with Gasteiger partial charge in [0.1, 0.15) is 96.7 Å². The fraction of sp³-hybridized carbons (Fsp3) is 0.792. The maximum Gasteiger partial charge on any atom is 0.244 e. The van der Waals surface area contributed by atoms with E-state index >= 15 is 9.59 Å². The number of nitrogens with one attached hydrogen (secondary N) is 16. The summed E-state index contributed by atoms with van der Waals surface area (Å²) in [6.07, 6.45) is 5.26. The number of rotatable bonds is 79. The number of hydrogen-bond acceptors (Lipinski definition) is 28. The van der Waals surface area contributed by atoms with E-state index in [1.165, 1.54) is 13.8 Å². The maximum absolute atomic E-state index is 15.3. The van der Waals surface area contributed by atoms with Gasteiger partial charge in [-0.3, -0.25) is 96.3 Å². The van der Waals surface area contributed by atoms with Crippen LogP contribution in [0, 0.1) is 47.3 Å². The Morgan fingerprint density at radius 1 is 0.233 bits per heavy atom. The van der Waals surface area contributed by atoms with Crippen LogP contribution in [0.1, 0.15) is 279 Å². The Kier molecular flexibility index (Phi) is 69.0. The number of nitrogens with zero attached hydrogens (tertiary/aromatic N) is 2. The Bertz CT molecular complexity index is 3860. The van der Waals surface area contributed by atoms with Crippen LogP contribution in [-0.4, -0.2) is 278 Å². The van der Waals surface area contributed by atoms with E-state index in [1.807, 2.05) is 27.7 Å². The van der Waals surface area contributed by atoms with Crippen LogP contribution in [0.25, 0.3) is 0 Å². The molecule has 20 atom stereocenters. The minimum Gasteiger partial charge on any atom is -0.370 e. The smallest absolute Gasteiger partial charge is 0.244 e. The standard InChI is InChI=1S/C96H184N30O18S2/c1-19-57(15)75(93(143)111-59(17)79(129)119-69(45-53(7)8)87(137)117-67(35-29-41-109-95(105)106)85(135)115-65(33-23-27-39-99)83(133)113-63(77(103)127)31-21-25-37-97)125-91(141)73(123-89(139)71(47-55(11)12)121-81(131)61(101)43-51(3)4)49-145-146-50-74(124-90(140)72(48-56(13)14)122-82(132)62(102)44-52(5)6)92(142)126-76(58(16)20-2)94(144)112-60(18)80(130)120-70(46-54(9)10)88(138)118-68(36-30-42-110-96(107)108)86(136)116-66(34-24-28-40-100)84(134)114-64(78(104)128)32-22-26-38-98/h51-76H,19-50,97-102H2,1-18H3,(H2,103,127)(H2,104,128)(H,111,143)(H,112,144)(H,113,133)(H,114,134)(H,115,135)(H,116,136)(H,117,137)(H,118,138)(H,119,129)(H,120,130)(H,121,131)(H,122,132)(H,123,139)(H,124,140)(H,125,141)(H,126,142)(H4,105,106,109)(H4,107,108,110)/t57-,58-,59-,60-,61-,62-,63-,64-,65-,66-,67-,68-,69-,70-,71-,72-,73-,74-,75-,76-/m1/s1. The molecule has 0 saturated heterocycles. The Hall–Kier alpha value is -10.5. The van der Waals surface area contributed by atoms with Crippen LogP contribution in [0.5, 0.6) is 0 Å². The Labute approximate surface area is 871 Å². The van der Waals surface area contributed by atoms with Gasteiger partial charge in [-0.15, -0.1) is 0 Å². The van der Waals surface area contributed by atoms with Crippen molar-refractivity contribution in [3.05, 3.63) is 0 Å². The molecule has 0 rings (SSSR count). The summed E-state index contributed by atoms with van der Waals surface area (Å²) in [4.78, 5) is 266. The maximum atomic E-state index is 15.3. The molecule has 0 spiro atoms. The van der Waals surface area contributed by atoms with Crippen molar-refractivity contribution in [1.29, 1.82) is 0 Å². The minimum absolute atomic E-state index is 0.0119. The number of aliphatic imine (C=N–C) groups is 2. The Morgan fingerprint density at radius 2 is 0.438 bits per heavy atom. The van der Waals surface area contributed by atoms with Crippen LogP contribution in [-0.2, 0) is 86.3 Å². The molecular weight excluding hydrogens is 1930 g/mol. The number of hydrogen-bond donors (Lipinski definition) is 28. The second kappa shape index (κ2) is 74.4. The highest BCUT2D eigenvalue weighted by Crippen LogP contribution is 2.26. The number of guanidine groups is 2. The van der Waals surface area contributed by atoms with Gasteiger partial charge in [-0.2, -0.15) is 0 Å². The van der Waals surface area contributed by atoms with Crippen molar-refractivity contribution in [2.24, 2.45) is 126 Å². The number of amides is 18. The highest BCUT2D eigenvalue weighted by atomic mass is 33.1. The van der Waals surface area contributed by atoms with E-state index in [0.717, 1.165) is 21.6 Å². The van der Waals surface area contributed by atoms with Crippen molar-refractivity contribution in [3.63, 3.8) is 0 Å².